The summed E-state index contributed by atoms with van der Waals surface area (Å²) in [6, 6.07) is 7.11. The summed E-state index contributed by atoms with van der Waals surface area (Å²) in [5.74, 6) is 6.80. The normalized spacial score (nSPS) is 14.5. The number of rotatable bonds is 4. The van der Waals surface area contributed by atoms with Crippen LogP contribution in [0.15, 0.2) is 29.3 Å². The summed E-state index contributed by atoms with van der Waals surface area (Å²) in [6.07, 6.45) is 0.131. The van der Waals surface area contributed by atoms with E-state index < -0.39 is 6.04 Å². The molecular weight excluding hydrogens is 444 g/mol. The van der Waals surface area contributed by atoms with E-state index >= 15 is 0 Å². The summed E-state index contributed by atoms with van der Waals surface area (Å²) >= 11 is 7.81. The lowest BCUT2D eigenvalue weighted by atomic mass is 9.99. The van der Waals surface area contributed by atoms with Crippen LogP contribution in [-0.4, -0.2) is 39.5 Å². The van der Waals surface area contributed by atoms with Gasteiger partial charge in [-0.25, -0.2) is 0 Å². The van der Waals surface area contributed by atoms with E-state index in [0.29, 0.717) is 10.8 Å². The molecule has 2 aromatic heterocycles. The number of carbonyl (C=O) groups is 1. The molecular formula is C23H23ClN6OS. The zero-order valence-corrected chi connectivity index (χ0v) is 19.6. The van der Waals surface area contributed by atoms with Crippen molar-refractivity contribution in [1.29, 1.82) is 0 Å². The first-order valence-corrected chi connectivity index (χ1v) is 11.4. The number of hydrogen-bond acceptors (Lipinski definition) is 6. The van der Waals surface area contributed by atoms with E-state index in [1.807, 2.05) is 35.8 Å². The van der Waals surface area contributed by atoms with Crippen molar-refractivity contribution in [2.45, 2.75) is 33.2 Å². The molecule has 0 aliphatic carbocycles. The molecule has 9 heteroatoms. The Morgan fingerprint density at radius 3 is 2.69 bits per heavy atom. The zero-order valence-electron chi connectivity index (χ0n) is 18.1. The lowest BCUT2D eigenvalue weighted by molar-refractivity contribution is -0.121. The molecule has 0 saturated heterocycles. The van der Waals surface area contributed by atoms with Gasteiger partial charge >= 0.3 is 0 Å². The summed E-state index contributed by atoms with van der Waals surface area (Å²) < 4.78 is 2.03. The largest absolute Gasteiger partial charge is 0.345 e. The Labute approximate surface area is 195 Å². The van der Waals surface area contributed by atoms with E-state index in [1.165, 1.54) is 4.88 Å². The fourth-order valence-corrected chi connectivity index (χ4v) is 5.00. The molecule has 3 N–H and O–H groups in total. The minimum absolute atomic E-state index is 0.131. The number of amides is 1. The Morgan fingerprint density at radius 1 is 1.22 bits per heavy atom. The van der Waals surface area contributed by atoms with Gasteiger partial charge in [0.2, 0.25) is 5.91 Å². The summed E-state index contributed by atoms with van der Waals surface area (Å²) in [7, 11) is 0. The molecule has 1 unspecified atom stereocenters. The van der Waals surface area contributed by atoms with Gasteiger partial charge in [-0.1, -0.05) is 35.6 Å². The SMILES string of the molecule is Cc1sc2c(c1C)C(c1ccc(Cl)cc1)=NC(CC(=O)NCC#CCN)c1nnc(C)n1-2. The van der Waals surface area contributed by atoms with Crippen LogP contribution >= 0.6 is 22.9 Å². The van der Waals surface area contributed by atoms with Crippen LogP contribution < -0.4 is 11.1 Å². The molecule has 1 aliphatic heterocycles. The number of nitrogens with zero attached hydrogens (tertiary/aromatic N) is 4. The predicted octanol–water partition coefficient (Wildman–Crippen LogP) is 3.27. The van der Waals surface area contributed by atoms with Crippen LogP contribution in [0.5, 0.6) is 0 Å². The standard InChI is InChI=1S/C23H23ClN6OS/c1-13-14(2)32-23-20(13)21(16-6-8-17(24)9-7-16)27-18(22-29-28-15(3)30(22)23)12-19(31)26-11-5-4-10-25/h6-9,18H,10-12,25H2,1-3H3,(H,26,31). The Kier molecular flexibility index (Phi) is 6.42. The number of benzene rings is 1. The summed E-state index contributed by atoms with van der Waals surface area (Å²) in [4.78, 5) is 18.9. The second-order valence-electron chi connectivity index (χ2n) is 7.44. The van der Waals surface area contributed by atoms with Gasteiger partial charge in [0.25, 0.3) is 0 Å². The first kappa shape index (κ1) is 22.2. The second kappa shape index (κ2) is 9.25. The van der Waals surface area contributed by atoms with Crippen LogP contribution in [0.25, 0.3) is 5.00 Å². The van der Waals surface area contributed by atoms with E-state index in [2.05, 4.69) is 41.2 Å². The lowest BCUT2D eigenvalue weighted by Gasteiger charge is -2.12. The van der Waals surface area contributed by atoms with Crippen molar-refractivity contribution in [2.75, 3.05) is 13.1 Å². The molecule has 3 heterocycles. The molecule has 4 rings (SSSR count). The maximum absolute atomic E-state index is 12.7. The highest BCUT2D eigenvalue weighted by Gasteiger charge is 2.32. The molecule has 0 radical (unpaired) electrons. The van der Waals surface area contributed by atoms with Crippen LogP contribution in [0.3, 0.4) is 0 Å². The van der Waals surface area contributed by atoms with E-state index in [0.717, 1.165) is 33.2 Å². The zero-order chi connectivity index (χ0) is 22.8. The van der Waals surface area contributed by atoms with Crippen molar-refractivity contribution >= 4 is 34.6 Å². The number of aryl methyl sites for hydroxylation is 2. The van der Waals surface area contributed by atoms with Crippen LogP contribution in [-0.2, 0) is 4.79 Å². The monoisotopic (exact) mass is 466 g/mol. The molecule has 32 heavy (non-hydrogen) atoms. The molecule has 0 saturated carbocycles. The van der Waals surface area contributed by atoms with Gasteiger partial charge in [-0.05, 0) is 38.5 Å². The number of nitrogens with two attached hydrogens (primary N) is 1. The topological polar surface area (TPSA) is 98.2 Å². The van der Waals surface area contributed by atoms with Gasteiger partial charge in [-0.2, -0.15) is 0 Å². The highest BCUT2D eigenvalue weighted by molar-refractivity contribution is 7.15. The number of nitrogens with one attached hydrogen (secondary N) is 1. The van der Waals surface area contributed by atoms with Crippen LogP contribution in [0.1, 0.15) is 45.7 Å². The predicted molar refractivity (Wildman–Crippen MR) is 128 cm³/mol. The third kappa shape index (κ3) is 4.19. The third-order valence-electron chi connectivity index (χ3n) is 5.34. The average molecular weight is 467 g/mol. The molecule has 1 aliphatic rings. The Bertz CT molecular complexity index is 1260. The first-order chi connectivity index (χ1) is 15.4. The Hall–Kier alpha value is -2.99. The van der Waals surface area contributed by atoms with E-state index in [-0.39, 0.29) is 25.4 Å². The average Bonchev–Trinajstić information content (AvgIpc) is 3.24. The lowest BCUT2D eigenvalue weighted by Crippen LogP contribution is -2.26. The number of carbonyl (C=O) groups excluding carboxylic acids is 1. The summed E-state index contributed by atoms with van der Waals surface area (Å²) in [6.45, 7) is 6.61. The fraction of sp³-hybridized carbons (Fsp3) is 0.304. The van der Waals surface area contributed by atoms with Crippen molar-refractivity contribution in [3.8, 4) is 16.8 Å². The number of aromatic nitrogens is 3. The number of halogens is 1. The molecule has 3 aromatic rings. The Morgan fingerprint density at radius 2 is 1.97 bits per heavy atom. The molecule has 1 amide bonds. The van der Waals surface area contributed by atoms with Crippen molar-refractivity contribution in [1.82, 2.24) is 20.1 Å². The Balaban J connectivity index is 1.83. The number of fused-ring (bicyclic) bond motifs is 3. The summed E-state index contributed by atoms with van der Waals surface area (Å²) in [5, 5.41) is 13.2. The van der Waals surface area contributed by atoms with Gasteiger partial charge in [0.15, 0.2) is 5.82 Å². The van der Waals surface area contributed by atoms with Gasteiger partial charge in [0.05, 0.1) is 25.2 Å². The minimum atomic E-state index is -0.497. The van der Waals surface area contributed by atoms with E-state index in [9.17, 15) is 4.79 Å². The van der Waals surface area contributed by atoms with Crippen LogP contribution in [0.2, 0.25) is 5.02 Å². The molecule has 7 nitrogen and oxygen atoms in total. The molecule has 0 bridgehead atoms. The maximum Gasteiger partial charge on any atom is 0.223 e. The molecule has 0 fully saturated rings. The van der Waals surface area contributed by atoms with E-state index in [4.69, 9.17) is 22.3 Å². The van der Waals surface area contributed by atoms with Crippen molar-refractivity contribution in [3.05, 3.63) is 62.5 Å². The van der Waals surface area contributed by atoms with Crippen molar-refractivity contribution in [3.63, 3.8) is 0 Å². The number of aliphatic imine (C=N–C) groups is 1. The molecule has 164 valence electrons. The molecule has 1 atom stereocenters. The van der Waals surface area contributed by atoms with Crippen molar-refractivity contribution in [2.24, 2.45) is 10.7 Å². The van der Waals surface area contributed by atoms with Crippen LogP contribution in [0.4, 0.5) is 0 Å². The smallest absolute Gasteiger partial charge is 0.223 e. The highest BCUT2D eigenvalue weighted by atomic mass is 35.5. The van der Waals surface area contributed by atoms with Crippen LogP contribution in [0, 0.1) is 32.6 Å². The van der Waals surface area contributed by atoms with Gasteiger partial charge < -0.3 is 11.1 Å². The minimum Gasteiger partial charge on any atom is -0.345 e. The highest BCUT2D eigenvalue weighted by Crippen LogP contribution is 2.39. The first-order valence-electron chi connectivity index (χ1n) is 10.2. The third-order valence-corrected chi connectivity index (χ3v) is 6.78. The maximum atomic E-state index is 12.7. The molecule has 1 aromatic carbocycles. The number of hydrogen-bond donors (Lipinski definition) is 2. The second-order valence-corrected chi connectivity index (χ2v) is 9.08. The van der Waals surface area contributed by atoms with Gasteiger partial charge in [0, 0.05) is 21.0 Å². The summed E-state index contributed by atoms with van der Waals surface area (Å²) in [5.41, 5.74) is 9.32. The molecule has 0 spiro atoms. The van der Waals surface area contributed by atoms with Gasteiger partial charge in [0.1, 0.15) is 16.9 Å². The fourth-order valence-electron chi connectivity index (χ4n) is 3.66. The van der Waals surface area contributed by atoms with Crippen molar-refractivity contribution < 1.29 is 4.79 Å². The quantitative estimate of drug-likeness (QED) is 0.576. The van der Waals surface area contributed by atoms with Gasteiger partial charge in [-0.15, -0.1) is 21.5 Å². The van der Waals surface area contributed by atoms with Gasteiger partial charge in [-0.3, -0.25) is 14.4 Å². The van der Waals surface area contributed by atoms with E-state index in [1.54, 1.807) is 11.3 Å². The number of thiophene rings is 1.